The maximum atomic E-state index is 14.4. The van der Waals surface area contributed by atoms with E-state index in [0.29, 0.717) is 44.7 Å². The fourth-order valence-electron chi connectivity index (χ4n) is 3.01. The lowest BCUT2D eigenvalue weighted by Crippen LogP contribution is -2.36. The Balaban J connectivity index is 1.57. The van der Waals surface area contributed by atoms with Crippen molar-refractivity contribution in [1.29, 1.82) is 0 Å². The van der Waals surface area contributed by atoms with E-state index in [1.54, 1.807) is 6.07 Å². The molecule has 5 heteroatoms. The zero-order chi connectivity index (χ0) is 16.9. The summed E-state index contributed by atoms with van der Waals surface area (Å²) >= 11 is 6.12. The summed E-state index contributed by atoms with van der Waals surface area (Å²) in [7, 11) is 0. The number of anilines is 1. The van der Waals surface area contributed by atoms with Crippen molar-refractivity contribution < 1.29 is 9.50 Å². The van der Waals surface area contributed by atoms with Crippen LogP contribution in [0.5, 0.6) is 0 Å². The molecule has 2 N–H and O–H groups in total. The third kappa shape index (κ3) is 4.26. The van der Waals surface area contributed by atoms with Gasteiger partial charge in [0.25, 0.3) is 0 Å². The number of aliphatic hydroxyl groups is 1. The highest BCUT2D eigenvalue weighted by molar-refractivity contribution is 6.31. The average Bonchev–Trinajstić information content (AvgIpc) is 2.58. The van der Waals surface area contributed by atoms with Gasteiger partial charge in [0, 0.05) is 31.2 Å². The van der Waals surface area contributed by atoms with Crippen LogP contribution in [0.25, 0.3) is 0 Å². The SMILES string of the molecule is OC1CCN(c2ccc(CNCc3ccccc3Cl)cc2F)CC1. The molecule has 0 unspecified atom stereocenters. The van der Waals surface area contributed by atoms with E-state index in [0.717, 1.165) is 16.1 Å². The van der Waals surface area contributed by atoms with Crippen LogP contribution in [0.4, 0.5) is 10.1 Å². The summed E-state index contributed by atoms with van der Waals surface area (Å²) in [5, 5.41) is 13.6. The summed E-state index contributed by atoms with van der Waals surface area (Å²) in [6.07, 6.45) is 1.14. The molecule has 1 heterocycles. The Morgan fingerprint density at radius 2 is 1.88 bits per heavy atom. The van der Waals surface area contributed by atoms with Gasteiger partial charge in [0.05, 0.1) is 11.8 Å². The molecule has 1 aliphatic rings. The van der Waals surface area contributed by atoms with Crippen LogP contribution in [0.3, 0.4) is 0 Å². The molecule has 0 aromatic heterocycles. The first-order chi connectivity index (χ1) is 11.6. The lowest BCUT2D eigenvalue weighted by Gasteiger charge is -2.31. The maximum absolute atomic E-state index is 14.4. The topological polar surface area (TPSA) is 35.5 Å². The standard InChI is InChI=1S/C19H22ClFN2O/c20-17-4-2-1-3-15(17)13-22-12-14-5-6-19(18(21)11-14)23-9-7-16(24)8-10-23/h1-6,11,16,22,24H,7-10,12-13H2. The summed E-state index contributed by atoms with van der Waals surface area (Å²) in [6, 6.07) is 13.1. The van der Waals surface area contributed by atoms with Crippen LogP contribution in [0.15, 0.2) is 42.5 Å². The number of hydrogen-bond donors (Lipinski definition) is 2. The molecule has 1 aliphatic heterocycles. The highest BCUT2D eigenvalue weighted by atomic mass is 35.5. The second kappa shape index (κ2) is 7.97. The Labute approximate surface area is 147 Å². The molecule has 1 fully saturated rings. The Hall–Kier alpha value is -1.62. The third-order valence-electron chi connectivity index (χ3n) is 4.42. The summed E-state index contributed by atoms with van der Waals surface area (Å²) < 4.78 is 14.4. The van der Waals surface area contributed by atoms with Gasteiger partial charge in [-0.2, -0.15) is 0 Å². The number of hydrogen-bond acceptors (Lipinski definition) is 3. The van der Waals surface area contributed by atoms with Crippen LogP contribution in [-0.2, 0) is 13.1 Å². The summed E-state index contributed by atoms with van der Waals surface area (Å²) in [4.78, 5) is 2.00. The number of piperidine rings is 1. The Kier molecular flexibility index (Phi) is 5.72. The first kappa shape index (κ1) is 17.2. The Morgan fingerprint density at radius 3 is 2.58 bits per heavy atom. The number of nitrogens with zero attached hydrogens (tertiary/aromatic N) is 1. The second-order valence-electron chi connectivity index (χ2n) is 6.20. The smallest absolute Gasteiger partial charge is 0.146 e. The van der Waals surface area contributed by atoms with Gasteiger partial charge in [-0.05, 0) is 42.2 Å². The van der Waals surface area contributed by atoms with Crippen molar-refractivity contribution in [3.8, 4) is 0 Å². The van der Waals surface area contributed by atoms with E-state index in [2.05, 4.69) is 5.32 Å². The van der Waals surface area contributed by atoms with E-state index in [1.807, 2.05) is 41.3 Å². The lowest BCUT2D eigenvalue weighted by molar-refractivity contribution is 0.145. The number of aliphatic hydroxyl groups excluding tert-OH is 1. The fourth-order valence-corrected chi connectivity index (χ4v) is 3.21. The minimum absolute atomic E-state index is 0.205. The predicted octanol–water partition coefficient (Wildman–Crippen LogP) is 3.73. The van der Waals surface area contributed by atoms with E-state index in [9.17, 15) is 9.50 Å². The van der Waals surface area contributed by atoms with Gasteiger partial charge in [-0.1, -0.05) is 35.9 Å². The van der Waals surface area contributed by atoms with E-state index in [-0.39, 0.29) is 11.9 Å². The van der Waals surface area contributed by atoms with Gasteiger partial charge in [-0.15, -0.1) is 0 Å². The second-order valence-corrected chi connectivity index (χ2v) is 6.61. The first-order valence-corrected chi connectivity index (χ1v) is 8.67. The molecule has 0 spiro atoms. The van der Waals surface area contributed by atoms with Crippen molar-refractivity contribution in [3.05, 3.63) is 64.4 Å². The van der Waals surface area contributed by atoms with E-state index < -0.39 is 0 Å². The van der Waals surface area contributed by atoms with Crippen molar-refractivity contribution >= 4 is 17.3 Å². The number of nitrogens with one attached hydrogen (secondary N) is 1. The van der Waals surface area contributed by atoms with E-state index >= 15 is 0 Å². The molecule has 24 heavy (non-hydrogen) atoms. The van der Waals surface area contributed by atoms with Crippen LogP contribution < -0.4 is 10.2 Å². The molecule has 0 radical (unpaired) electrons. The van der Waals surface area contributed by atoms with Gasteiger partial charge in [0.2, 0.25) is 0 Å². The summed E-state index contributed by atoms with van der Waals surface area (Å²) in [5.41, 5.74) is 2.56. The highest BCUT2D eigenvalue weighted by Gasteiger charge is 2.19. The quantitative estimate of drug-likeness (QED) is 0.864. The number of rotatable bonds is 5. The predicted molar refractivity (Wildman–Crippen MR) is 95.8 cm³/mol. The zero-order valence-electron chi connectivity index (χ0n) is 13.5. The molecular formula is C19H22ClFN2O. The molecule has 2 aromatic rings. The zero-order valence-corrected chi connectivity index (χ0v) is 14.3. The van der Waals surface area contributed by atoms with Gasteiger partial charge < -0.3 is 15.3 Å². The largest absolute Gasteiger partial charge is 0.393 e. The minimum atomic E-state index is -0.252. The van der Waals surface area contributed by atoms with Crippen molar-refractivity contribution in [1.82, 2.24) is 5.32 Å². The first-order valence-electron chi connectivity index (χ1n) is 8.29. The molecule has 0 amide bonds. The molecule has 0 saturated carbocycles. The molecule has 3 rings (SSSR count). The molecular weight excluding hydrogens is 327 g/mol. The number of benzene rings is 2. The Morgan fingerprint density at radius 1 is 1.12 bits per heavy atom. The molecule has 0 bridgehead atoms. The molecule has 2 aromatic carbocycles. The third-order valence-corrected chi connectivity index (χ3v) is 4.79. The Bertz CT molecular complexity index is 687. The van der Waals surface area contributed by atoms with E-state index in [4.69, 9.17) is 11.6 Å². The fraction of sp³-hybridized carbons (Fsp3) is 0.368. The average molecular weight is 349 g/mol. The molecule has 0 aliphatic carbocycles. The maximum Gasteiger partial charge on any atom is 0.146 e. The van der Waals surface area contributed by atoms with Crippen LogP contribution in [-0.4, -0.2) is 24.3 Å². The van der Waals surface area contributed by atoms with Crippen molar-refractivity contribution in [2.45, 2.75) is 32.0 Å². The van der Waals surface area contributed by atoms with Crippen molar-refractivity contribution in [3.63, 3.8) is 0 Å². The van der Waals surface area contributed by atoms with Crippen molar-refractivity contribution in [2.75, 3.05) is 18.0 Å². The molecule has 0 atom stereocenters. The molecule has 1 saturated heterocycles. The summed E-state index contributed by atoms with van der Waals surface area (Å²) in [5.74, 6) is -0.205. The van der Waals surface area contributed by atoms with Crippen LogP contribution in [0.2, 0.25) is 5.02 Å². The summed E-state index contributed by atoms with van der Waals surface area (Å²) in [6.45, 7) is 2.62. The van der Waals surface area contributed by atoms with Crippen LogP contribution >= 0.6 is 11.6 Å². The minimum Gasteiger partial charge on any atom is -0.393 e. The van der Waals surface area contributed by atoms with Crippen LogP contribution in [0, 0.1) is 5.82 Å². The van der Waals surface area contributed by atoms with Gasteiger partial charge in [0.1, 0.15) is 5.82 Å². The number of halogens is 2. The molecule has 128 valence electrons. The van der Waals surface area contributed by atoms with Crippen molar-refractivity contribution in [2.24, 2.45) is 0 Å². The highest BCUT2D eigenvalue weighted by Crippen LogP contribution is 2.24. The van der Waals surface area contributed by atoms with Crippen LogP contribution in [0.1, 0.15) is 24.0 Å². The van der Waals surface area contributed by atoms with Gasteiger partial charge in [0.15, 0.2) is 0 Å². The van der Waals surface area contributed by atoms with E-state index in [1.165, 1.54) is 0 Å². The molecule has 3 nitrogen and oxygen atoms in total. The monoisotopic (exact) mass is 348 g/mol. The lowest BCUT2D eigenvalue weighted by atomic mass is 10.1. The van der Waals surface area contributed by atoms with Gasteiger partial charge in [-0.3, -0.25) is 0 Å². The van der Waals surface area contributed by atoms with Gasteiger partial charge in [-0.25, -0.2) is 4.39 Å². The van der Waals surface area contributed by atoms with Gasteiger partial charge >= 0.3 is 0 Å². The normalized spacial score (nSPS) is 15.7.